The average Bonchev–Trinajstić information content (AvgIpc) is 2.73. The number of carbonyl (C=O) groups is 2. The Morgan fingerprint density at radius 1 is 0.806 bits per heavy atom. The van der Waals surface area contributed by atoms with Crippen LogP contribution in [0.25, 0.3) is 0 Å². The number of hydrogen-bond acceptors (Lipinski definition) is 2. The number of benzene rings is 2. The van der Waals surface area contributed by atoms with Gasteiger partial charge in [0.05, 0.1) is 0 Å². The molecule has 0 saturated carbocycles. The third kappa shape index (κ3) is 9.88. The monoisotopic (exact) mass is 461 g/mol. The molecule has 2 aromatic carbocycles. The second kappa shape index (κ2) is 13.5. The molecule has 2 rings (SSSR count). The minimum absolute atomic E-state index is 0.0140. The lowest BCUT2D eigenvalue weighted by Gasteiger charge is -2.26. The molecule has 0 bridgehead atoms. The van der Waals surface area contributed by atoms with Crippen LogP contribution in [0.4, 0.5) is 0 Å². The summed E-state index contributed by atoms with van der Waals surface area (Å²) in [6.45, 7) is 3.70. The minimum atomic E-state index is -0.0140. The molecule has 1 N–H and O–H groups in total. The van der Waals surface area contributed by atoms with Crippen molar-refractivity contribution in [3.05, 3.63) is 69.7 Å². The second-order valence-electron chi connectivity index (χ2n) is 8.31. The Kier molecular flexibility index (Phi) is 11.1. The number of halogens is 2. The van der Waals surface area contributed by atoms with Gasteiger partial charge < -0.3 is 10.1 Å². The number of nitrogens with one attached hydrogen (secondary N) is 1. The summed E-state index contributed by atoms with van der Waals surface area (Å²) in [4.78, 5) is 23.5. The van der Waals surface area contributed by atoms with E-state index in [1.54, 1.807) is 6.92 Å². The fourth-order valence-corrected chi connectivity index (χ4v) is 4.04. The van der Waals surface area contributed by atoms with Crippen molar-refractivity contribution in [3.8, 4) is 0 Å². The van der Waals surface area contributed by atoms with Gasteiger partial charge in [-0.15, -0.1) is 0 Å². The summed E-state index contributed by atoms with van der Waals surface area (Å²) in [5, 5.41) is 4.62. The Labute approximate surface area is 196 Å². The van der Waals surface area contributed by atoms with Crippen molar-refractivity contribution < 1.29 is 9.59 Å². The maximum atomic E-state index is 12.5. The van der Waals surface area contributed by atoms with Gasteiger partial charge in [0, 0.05) is 34.8 Å². The van der Waals surface area contributed by atoms with Crippen molar-refractivity contribution in [2.24, 2.45) is 0 Å². The predicted molar refractivity (Wildman–Crippen MR) is 130 cm³/mol. The van der Waals surface area contributed by atoms with E-state index in [0.717, 1.165) is 49.1 Å². The Bertz CT molecular complexity index is 818. The Morgan fingerprint density at radius 2 is 1.32 bits per heavy atom. The summed E-state index contributed by atoms with van der Waals surface area (Å²) in [5.74, 6) is 0.475. The van der Waals surface area contributed by atoms with Gasteiger partial charge in [-0.1, -0.05) is 66.7 Å². The SMILES string of the molecule is CC(=O)CCCCCCCC(=O)NC(C)C(Cc1ccc(Cl)cc1)c1ccc(Cl)cc1. The van der Waals surface area contributed by atoms with E-state index in [-0.39, 0.29) is 23.7 Å². The molecule has 0 aliphatic rings. The molecule has 0 aromatic heterocycles. The fourth-order valence-electron chi connectivity index (χ4n) is 3.78. The van der Waals surface area contributed by atoms with Gasteiger partial charge in [0.25, 0.3) is 0 Å². The standard InChI is InChI=1S/C26H33Cl2NO2/c1-19(30)8-6-4-3-5-7-9-26(31)29-20(2)25(22-12-16-24(28)17-13-22)18-21-10-14-23(27)15-11-21/h10-17,20,25H,3-9,18H2,1-2H3,(H,29,31). The zero-order valence-electron chi connectivity index (χ0n) is 18.5. The van der Waals surface area contributed by atoms with E-state index >= 15 is 0 Å². The van der Waals surface area contributed by atoms with Crippen LogP contribution < -0.4 is 5.32 Å². The predicted octanol–water partition coefficient (Wildman–Crippen LogP) is 7.14. The molecule has 0 spiro atoms. The van der Waals surface area contributed by atoms with Crippen molar-refractivity contribution in [2.45, 2.75) is 77.2 Å². The van der Waals surface area contributed by atoms with Crippen molar-refractivity contribution in [3.63, 3.8) is 0 Å². The van der Waals surface area contributed by atoms with Crippen LogP contribution in [0.3, 0.4) is 0 Å². The van der Waals surface area contributed by atoms with Gasteiger partial charge >= 0.3 is 0 Å². The Hall–Kier alpha value is -1.84. The number of unbranched alkanes of at least 4 members (excludes halogenated alkanes) is 4. The maximum Gasteiger partial charge on any atom is 0.220 e. The molecular formula is C26H33Cl2NO2. The molecule has 2 aromatic rings. The first kappa shape index (κ1) is 25.4. The summed E-state index contributed by atoms with van der Waals surface area (Å²) >= 11 is 12.1. The minimum Gasteiger partial charge on any atom is -0.353 e. The quantitative estimate of drug-likeness (QED) is 0.322. The zero-order chi connectivity index (χ0) is 22.6. The summed E-state index contributed by atoms with van der Waals surface area (Å²) in [6.07, 6.45) is 6.97. The molecule has 0 aliphatic carbocycles. The molecule has 2 atom stereocenters. The topological polar surface area (TPSA) is 46.2 Å². The van der Waals surface area contributed by atoms with Gasteiger partial charge in [-0.25, -0.2) is 0 Å². The molecular weight excluding hydrogens is 429 g/mol. The van der Waals surface area contributed by atoms with Crippen LogP contribution >= 0.6 is 23.2 Å². The average molecular weight is 462 g/mol. The highest BCUT2D eigenvalue weighted by Gasteiger charge is 2.21. The third-order valence-corrected chi connectivity index (χ3v) is 6.10. The molecule has 3 nitrogen and oxygen atoms in total. The van der Waals surface area contributed by atoms with Gasteiger partial charge in [0.1, 0.15) is 5.78 Å². The van der Waals surface area contributed by atoms with E-state index in [1.165, 1.54) is 5.56 Å². The van der Waals surface area contributed by atoms with E-state index in [2.05, 4.69) is 12.2 Å². The molecule has 0 saturated heterocycles. The molecule has 0 radical (unpaired) electrons. The highest BCUT2D eigenvalue weighted by Crippen LogP contribution is 2.27. The molecule has 5 heteroatoms. The molecule has 1 amide bonds. The van der Waals surface area contributed by atoms with Crippen LogP contribution in [-0.4, -0.2) is 17.7 Å². The molecule has 168 valence electrons. The number of hydrogen-bond donors (Lipinski definition) is 1. The zero-order valence-corrected chi connectivity index (χ0v) is 20.0. The summed E-state index contributed by atoms with van der Waals surface area (Å²) in [5.41, 5.74) is 2.33. The Balaban J connectivity index is 1.88. The van der Waals surface area contributed by atoms with Crippen molar-refractivity contribution in [2.75, 3.05) is 0 Å². The van der Waals surface area contributed by atoms with E-state index < -0.39 is 0 Å². The first-order valence-electron chi connectivity index (χ1n) is 11.1. The van der Waals surface area contributed by atoms with E-state index in [1.807, 2.05) is 48.5 Å². The highest BCUT2D eigenvalue weighted by molar-refractivity contribution is 6.30. The summed E-state index contributed by atoms with van der Waals surface area (Å²) < 4.78 is 0. The summed E-state index contributed by atoms with van der Waals surface area (Å²) in [6, 6.07) is 15.7. The molecule has 0 aliphatic heterocycles. The second-order valence-corrected chi connectivity index (χ2v) is 9.19. The first-order valence-corrected chi connectivity index (χ1v) is 11.9. The maximum absolute atomic E-state index is 12.5. The third-order valence-electron chi connectivity index (χ3n) is 5.59. The molecule has 2 unspecified atom stereocenters. The first-order chi connectivity index (χ1) is 14.8. The van der Waals surface area contributed by atoms with Crippen molar-refractivity contribution in [1.82, 2.24) is 5.32 Å². The lowest BCUT2D eigenvalue weighted by molar-refractivity contribution is -0.122. The van der Waals surface area contributed by atoms with Gasteiger partial charge in [0.15, 0.2) is 0 Å². The molecule has 0 heterocycles. The van der Waals surface area contributed by atoms with Crippen LogP contribution in [0, 0.1) is 0 Å². The lowest BCUT2D eigenvalue weighted by atomic mass is 9.86. The molecule has 31 heavy (non-hydrogen) atoms. The van der Waals surface area contributed by atoms with Gasteiger partial charge in [0.2, 0.25) is 5.91 Å². The summed E-state index contributed by atoms with van der Waals surface area (Å²) in [7, 11) is 0. The normalized spacial score (nSPS) is 12.9. The van der Waals surface area contributed by atoms with E-state index in [4.69, 9.17) is 23.2 Å². The van der Waals surface area contributed by atoms with Crippen LogP contribution in [0.15, 0.2) is 48.5 Å². The Morgan fingerprint density at radius 3 is 1.90 bits per heavy atom. The number of Topliss-reactive ketones (excluding diaryl/α,β-unsaturated/α-hetero) is 1. The fraction of sp³-hybridized carbons (Fsp3) is 0.462. The number of rotatable bonds is 13. The molecule has 0 fully saturated rings. The van der Waals surface area contributed by atoms with Crippen LogP contribution in [0.1, 0.15) is 75.8 Å². The van der Waals surface area contributed by atoms with Crippen molar-refractivity contribution in [1.29, 1.82) is 0 Å². The van der Waals surface area contributed by atoms with Gasteiger partial charge in [-0.3, -0.25) is 4.79 Å². The van der Waals surface area contributed by atoms with Gasteiger partial charge in [-0.05, 0) is 68.5 Å². The van der Waals surface area contributed by atoms with Crippen LogP contribution in [0.5, 0.6) is 0 Å². The number of carbonyl (C=O) groups excluding carboxylic acids is 2. The van der Waals surface area contributed by atoms with Crippen LogP contribution in [0.2, 0.25) is 10.0 Å². The number of ketones is 1. The van der Waals surface area contributed by atoms with Crippen molar-refractivity contribution >= 4 is 34.9 Å². The largest absolute Gasteiger partial charge is 0.353 e. The van der Waals surface area contributed by atoms with E-state index in [0.29, 0.717) is 17.9 Å². The smallest absolute Gasteiger partial charge is 0.220 e. The van der Waals surface area contributed by atoms with E-state index in [9.17, 15) is 9.59 Å². The lowest BCUT2D eigenvalue weighted by Crippen LogP contribution is -2.37. The highest BCUT2D eigenvalue weighted by atomic mass is 35.5. The number of amides is 1. The van der Waals surface area contributed by atoms with Gasteiger partial charge in [-0.2, -0.15) is 0 Å². The van der Waals surface area contributed by atoms with Crippen LogP contribution in [-0.2, 0) is 16.0 Å².